The van der Waals surface area contributed by atoms with Gasteiger partial charge < -0.3 is 14.8 Å². The average molecular weight is 294 g/mol. The molecule has 1 atom stereocenters. The number of carbonyl (C=O) groups is 1. The van der Waals surface area contributed by atoms with Gasteiger partial charge in [0.2, 0.25) is 12.7 Å². The minimum atomic E-state index is -0.585. The highest BCUT2D eigenvalue weighted by Gasteiger charge is 2.21. The number of amides is 1. The molecule has 0 spiro atoms. The van der Waals surface area contributed by atoms with Gasteiger partial charge in [0.15, 0.2) is 16.6 Å². The molecule has 0 saturated heterocycles. The molecule has 1 aromatic heterocycles. The fraction of sp³-hybridized carbons (Fsp3) is 0.167. The van der Waals surface area contributed by atoms with Crippen molar-refractivity contribution in [3.63, 3.8) is 0 Å². The third-order valence-corrected chi connectivity index (χ3v) is 3.84. The summed E-state index contributed by atoms with van der Waals surface area (Å²) in [4.78, 5) is 16.0. The summed E-state index contributed by atoms with van der Waals surface area (Å²) < 4.78 is 10.5. The van der Waals surface area contributed by atoms with E-state index in [0.717, 1.165) is 5.56 Å². The van der Waals surface area contributed by atoms with Crippen LogP contribution in [-0.2, 0) is 4.79 Å². The van der Waals surface area contributed by atoms with Crippen LogP contribution < -0.4 is 14.8 Å². The monoisotopic (exact) mass is 294 g/mol. The second kappa shape index (κ2) is 5.10. The van der Waals surface area contributed by atoms with Crippen molar-refractivity contribution in [1.82, 2.24) is 4.98 Å². The van der Waals surface area contributed by atoms with Crippen LogP contribution in [0, 0.1) is 0 Å². The van der Waals surface area contributed by atoms with Crippen molar-refractivity contribution in [2.75, 3.05) is 12.1 Å². The molecule has 1 N–H and O–H groups in total. The van der Waals surface area contributed by atoms with Crippen LogP contribution in [0.4, 0.5) is 5.13 Å². The molecule has 19 heavy (non-hydrogen) atoms. The number of fused-ring (bicyclic) bond motifs is 1. The standard InChI is InChI=1S/C12H10N2O3S2/c15-11(14-12-13-3-4-19-12)10(18)7-1-2-8-9(5-7)17-6-16-8/h1-5,10,18H,6H2,(H,13,14,15). The van der Waals surface area contributed by atoms with Crippen LogP contribution >= 0.6 is 24.0 Å². The highest BCUT2D eigenvalue weighted by molar-refractivity contribution is 7.81. The number of benzene rings is 1. The molecule has 0 bridgehead atoms. The number of thiazole rings is 1. The second-order valence-corrected chi connectivity index (χ2v) is 5.25. The minimum absolute atomic E-state index is 0.210. The molecular formula is C12H10N2O3S2. The van der Waals surface area contributed by atoms with Crippen molar-refractivity contribution in [3.05, 3.63) is 35.3 Å². The summed E-state index contributed by atoms with van der Waals surface area (Å²) >= 11 is 5.70. The van der Waals surface area contributed by atoms with Gasteiger partial charge in [-0.1, -0.05) is 6.07 Å². The number of hydrogen-bond donors (Lipinski definition) is 2. The Labute approximate surface area is 119 Å². The minimum Gasteiger partial charge on any atom is -0.454 e. The van der Waals surface area contributed by atoms with E-state index in [0.29, 0.717) is 16.6 Å². The highest BCUT2D eigenvalue weighted by Crippen LogP contribution is 2.35. The summed E-state index contributed by atoms with van der Waals surface area (Å²) in [6.07, 6.45) is 1.63. The number of anilines is 1. The van der Waals surface area contributed by atoms with E-state index in [9.17, 15) is 4.79 Å². The molecule has 5 nitrogen and oxygen atoms in total. The molecule has 1 amide bonds. The summed E-state index contributed by atoms with van der Waals surface area (Å²) in [5, 5.41) is 4.48. The van der Waals surface area contributed by atoms with Gasteiger partial charge in [-0.15, -0.1) is 11.3 Å². The molecule has 1 unspecified atom stereocenters. The van der Waals surface area contributed by atoms with Crippen molar-refractivity contribution < 1.29 is 14.3 Å². The van der Waals surface area contributed by atoms with E-state index in [1.165, 1.54) is 11.3 Å². The average Bonchev–Trinajstić information content (AvgIpc) is 3.07. The van der Waals surface area contributed by atoms with Crippen LogP contribution in [0.1, 0.15) is 10.8 Å². The normalized spacial score (nSPS) is 14.2. The molecule has 1 aromatic carbocycles. The van der Waals surface area contributed by atoms with Crippen molar-refractivity contribution in [2.24, 2.45) is 0 Å². The molecule has 2 heterocycles. The van der Waals surface area contributed by atoms with Gasteiger partial charge in [0, 0.05) is 11.6 Å². The van der Waals surface area contributed by atoms with Gasteiger partial charge in [0.25, 0.3) is 0 Å². The predicted molar refractivity (Wildman–Crippen MR) is 75.0 cm³/mol. The van der Waals surface area contributed by atoms with Gasteiger partial charge in [-0.05, 0) is 17.7 Å². The summed E-state index contributed by atoms with van der Waals surface area (Å²) in [5.41, 5.74) is 0.752. The first-order chi connectivity index (χ1) is 9.24. The van der Waals surface area contributed by atoms with E-state index >= 15 is 0 Å². The lowest BCUT2D eigenvalue weighted by Crippen LogP contribution is -2.17. The Hall–Kier alpha value is -1.73. The highest BCUT2D eigenvalue weighted by atomic mass is 32.1. The predicted octanol–water partition coefficient (Wildman–Crippen LogP) is 2.48. The number of ether oxygens (including phenoxy) is 2. The SMILES string of the molecule is O=C(Nc1nccs1)C(S)c1ccc2c(c1)OCO2. The zero-order valence-corrected chi connectivity index (χ0v) is 11.4. The van der Waals surface area contributed by atoms with E-state index in [1.54, 1.807) is 29.8 Å². The van der Waals surface area contributed by atoms with Crippen molar-refractivity contribution >= 4 is 35.0 Å². The Morgan fingerprint density at radius 2 is 2.26 bits per heavy atom. The largest absolute Gasteiger partial charge is 0.454 e. The molecule has 7 heteroatoms. The van der Waals surface area contributed by atoms with Crippen LogP contribution in [0.5, 0.6) is 11.5 Å². The number of thiol groups is 1. The molecule has 98 valence electrons. The van der Waals surface area contributed by atoms with Gasteiger partial charge in [-0.3, -0.25) is 4.79 Å². The lowest BCUT2D eigenvalue weighted by atomic mass is 10.1. The topological polar surface area (TPSA) is 60.5 Å². The Balaban J connectivity index is 1.76. The number of carbonyl (C=O) groups excluding carboxylic acids is 1. The fourth-order valence-electron chi connectivity index (χ4n) is 1.69. The molecule has 0 saturated carbocycles. The fourth-order valence-corrected chi connectivity index (χ4v) is 2.45. The quantitative estimate of drug-likeness (QED) is 0.854. The number of rotatable bonds is 3. The molecule has 0 aliphatic carbocycles. The maximum absolute atomic E-state index is 12.0. The van der Waals surface area contributed by atoms with Crippen molar-refractivity contribution in [2.45, 2.75) is 5.25 Å². The number of nitrogens with zero attached hydrogens (tertiary/aromatic N) is 1. The first-order valence-corrected chi connectivity index (χ1v) is 6.91. The van der Waals surface area contributed by atoms with Gasteiger partial charge >= 0.3 is 0 Å². The van der Waals surface area contributed by atoms with E-state index in [4.69, 9.17) is 9.47 Å². The summed E-state index contributed by atoms with van der Waals surface area (Å²) in [5.74, 6) is 1.10. The maximum atomic E-state index is 12.0. The maximum Gasteiger partial charge on any atom is 0.243 e. The van der Waals surface area contributed by atoms with Crippen LogP contribution in [0.2, 0.25) is 0 Å². The first kappa shape index (κ1) is 12.3. The van der Waals surface area contributed by atoms with Gasteiger partial charge in [0.05, 0.1) is 0 Å². The van der Waals surface area contributed by atoms with E-state index in [2.05, 4.69) is 22.9 Å². The molecule has 1 aliphatic rings. The molecular weight excluding hydrogens is 284 g/mol. The molecule has 0 fully saturated rings. The molecule has 3 rings (SSSR count). The first-order valence-electron chi connectivity index (χ1n) is 5.52. The third-order valence-electron chi connectivity index (χ3n) is 2.62. The van der Waals surface area contributed by atoms with Gasteiger partial charge in [-0.25, -0.2) is 4.98 Å². The zero-order chi connectivity index (χ0) is 13.2. The van der Waals surface area contributed by atoms with Gasteiger partial charge in [-0.2, -0.15) is 12.6 Å². The summed E-state index contributed by atoms with van der Waals surface area (Å²) in [7, 11) is 0. The zero-order valence-electron chi connectivity index (χ0n) is 9.70. The lowest BCUT2D eigenvalue weighted by molar-refractivity contribution is -0.115. The number of hydrogen-bond acceptors (Lipinski definition) is 6. The Bertz CT molecular complexity index is 601. The lowest BCUT2D eigenvalue weighted by Gasteiger charge is -2.10. The molecule has 0 radical (unpaired) electrons. The van der Waals surface area contributed by atoms with E-state index in [1.807, 2.05) is 0 Å². The third kappa shape index (κ3) is 2.52. The smallest absolute Gasteiger partial charge is 0.243 e. The van der Waals surface area contributed by atoms with E-state index < -0.39 is 5.25 Å². The van der Waals surface area contributed by atoms with Crippen molar-refractivity contribution in [1.29, 1.82) is 0 Å². The Kier molecular flexibility index (Phi) is 3.31. The van der Waals surface area contributed by atoms with Crippen LogP contribution in [-0.4, -0.2) is 17.7 Å². The van der Waals surface area contributed by atoms with Crippen LogP contribution in [0.3, 0.4) is 0 Å². The van der Waals surface area contributed by atoms with Crippen LogP contribution in [0.15, 0.2) is 29.8 Å². The molecule has 1 aliphatic heterocycles. The van der Waals surface area contributed by atoms with Gasteiger partial charge in [0.1, 0.15) is 5.25 Å². The number of aromatic nitrogens is 1. The Morgan fingerprint density at radius 3 is 3.05 bits per heavy atom. The Morgan fingerprint density at radius 1 is 1.42 bits per heavy atom. The number of nitrogens with one attached hydrogen (secondary N) is 1. The summed E-state index contributed by atoms with van der Waals surface area (Å²) in [6.45, 7) is 0.210. The molecule has 2 aromatic rings. The van der Waals surface area contributed by atoms with Crippen LogP contribution in [0.25, 0.3) is 0 Å². The summed E-state index contributed by atoms with van der Waals surface area (Å²) in [6, 6.07) is 5.34. The van der Waals surface area contributed by atoms with Crippen molar-refractivity contribution in [3.8, 4) is 11.5 Å². The van der Waals surface area contributed by atoms with E-state index in [-0.39, 0.29) is 12.7 Å². The second-order valence-electron chi connectivity index (χ2n) is 3.84.